The van der Waals surface area contributed by atoms with Gasteiger partial charge >= 0.3 is 0 Å². The molecule has 0 aliphatic rings. The monoisotopic (exact) mass is 326 g/mol. The van der Waals surface area contributed by atoms with Gasteiger partial charge in [-0.2, -0.15) is 0 Å². The number of halogens is 1. The summed E-state index contributed by atoms with van der Waals surface area (Å²) in [5, 5.41) is 1.86. The first-order valence-corrected chi connectivity index (χ1v) is 7.17. The second-order valence-electron chi connectivity index (χ2n) is 4.94. The molecule has 2 aromatic heterocycles. The van der Waals surface area contributed by atoms with E-state index in [4.69, 9.17) is 0 Å². The molecule has 4 heteroatoms. The highest BCUT2D eigenvalue weighted by atomic mass is 79.9. The van der Waals surface area contributed by atoms with Crippen LogP contribution in [-0.4, -0.2) is 9.38 Å². The van der Waals surface area contributed by atoms with Crippen LogP contribution in [0.3, 0.4) is 0 Å². The topological polar surface area (TPSA) is 37.3 Å². The van der Waals surface area contributed by atoms with Gasteiger partial charge in [0.05, 0.1) is 16.4 Å². The van der Waals surface area contributed by atoms with Gasteiger partial charge < -0.3 is 4.98 Å². The molecule has 0 bridgehead atoms. The zero-order chi connectivity index (χ0) is 13.9. The minimum Gasteiger partial charge on any atom is -0.307 e. The number of aryl methyl sites for hydroxylation is 1. The Labute approximate surface area is 123 Å². The van der Waals surface area contributed by atoms with Crippen molar-refractivity contribution in [2.75, 3.05) is 0 Å². The number of aromatic amines is 1. The van der Waals surface area contributed by atoms with Gasteiger partial charge in [-0.05, 0) is 36.8 Å². The Morgan fingerprint density at radius 2 is 1.85 bits per heavy atom. The Balaban J connectivity index is 2.44. The molecule has 98 valence electrons. The van der Waals surface area contributed by atoms with Crippen LogP contribution in [0.15, 0.2) is 51.7 Å². The second-order valence-corrected chi connectivity index (χ2v) is 5.86. The summed E-state index contributed by atoms with van der Waals surface area (Å²) in [5.41, 5.74) is 3.94. The van der Waals surface area contributed by atoms with Gasteiger partial charge in [0.25, 0.3) is 5.56 Å². The highest BCUT2D eigenvalue weighted by Crippen LogP contribution is 2.29. The number of nitrogens with one attached hydrogen (secondary N) is 1. The van der Waals surface area contributed by atoms with Crippen LogP contribution in [0.25, 0.3) is 27.5 Å². The van der Waals surface area contributed by atoms with Crippen molar-refractivity contribution in [1.29, 1.82) is 0 Å². The molecule has 20 heavy (non-hydrogen) atoms. The van der Waals surface area contributed by atoms with Gasteiger partial charge in [0.2, 0.25) is 0 Å². The van der Waals surface area contributed by atoms with E-state index >= 15 is 0 Å². The number of H-pyrrole nitrogens is 1. The van der Waals surface area contributed by atoms with Crippen molar-refractivity contribution in [2.45, 2.75) is 6.92 Å². The summed E-state index contributed by atoms with van der Waals surface area (Å²) in [6.45, 7) is 2.04. The smallest absolute Gasteiger partial charge is 0.258 e. The molecule has 4 rings (SSSR count). The van der Waals surface area contributed by atoms with E-state index in [0.29, 0.717) is 5.39 Å². The molecule has 2 heterocycles. The molecule has 0 radical (unpaired) electrons. The molecule has 0 spiro atoms. The number of hydrogen-bond acceptors (Lipinski definition) is 1. The van der Waals surface area contributed by atoms with Crippen LogP contribution >= 0.6 is 15.9 Å². The first-order chi connectivity index (χ1) is 9.66. The van der Waals surface area contributed by atoms with Crippen molar-refractivity contribution in [1.82, 2.24) is 9.38 Å². The molecule has 1 N–H and O–H groups in total. The lowest BCUT2D eigenvalue weighted by atomic mass is 10.2. The summed E-state index contributed by atoms with van der Waals surface area (Å²) < 4.78 is 3.14. The minimum atomic E-state index is -0.0435. The van der Waals surface area contributed by atoms with Crippen molar-refractivity contribution >= 4 is 43.4 Å². The lowest BCUT2D eigenvalue weighted by molar-refractivity contribution is 1.18. The summed E-state index contributed by atoms with van der Waals surface area (Å²) in [4.78, 5) is 15.2. The van der Waals surface area contributed by atoms with Crippen LogP contribution in [-0.2, 0) is 0 Å². The van der Waals surface area contributed by atoms with Crippen molar-refractivity contribution in [3.63, 3.8) is 0 Å². The largest absolute Gasteiger partial charge is 0.307 e. The number of rotatable bonds is 0. The average molecular weight is 327 g/mol. The summed E-state index contributed by atoms with van der Waals surface area (Å²) in [6.07, 6.45) is 0. The molecule has 4 aromatic rings. The van der Waals surface area contributed by atoms with Crippen molar-refractivity contribution in [3.8, 4) is 0 Å². The van der Waals surface area contributed by atoms with Crippen LogP contribution in [0, 0.1) is 6.92 Å². The summed E-state index contributed by atoms with van der Waals surface area (Å²) in [6, 6.07) is 13.9. The first kappa shape index (κ1) is 11.7. The SMILES string of the molecule is Cc1c2ccc(Br)cc2n2c1[nH]c(=O)c1ccccc12. The Bertz CT molecular complexity index is 1040. The van der Waals surface area contributed by atoms with Crippen LogP contribution in [0.4, 0.5) is 0 Å². The van der Waals surface area contributed by atoms with E-state index in [1.165, 1.54) is 0 Å². The van der Waals surface area contributed by atoms with Crippen molar-refractivity contribution in [2.24, 2.45) is 0 Å². The maximum atomic E-state index is 12.2. The van der Waals surface area contributed by atoms with Crippen molar-refractivity contribution < 1.29 is 0 Å². The highest BCUT2D eigenvalue weighted by molar-refractivity contribution is 9.10. The van der Waals surface area contributed by atoms with Crippen LogP contribution in [0.1, 0.15) is 5.56 Å². The van der Waals surface area contributed by atoms with E-state index in [2.05, 4.69) is 37.4 Å². The zero-order valence-corrected chi connectivity index (χ0v) is 12.4. The van der Waals surface area contributed by atoms with Gasteiger partial charge in [-0.15, -0.1) is 0 Å². The molecule has 0 amide bonds. The Morgan fingerprint density at radius 1 is 1.05 bits per heavy atom. The third-order valence-electron chi connectivity index (χ3n) is 3.81. The van der Waals surface area contributed by atoms with Gasteiger partial charge in [-0.1, -0.05) is 34.1 Å². The Hall–Kier alpha value is -2.07. The number of hydrogen-bond donors (Lipinski definition) is 1. The van der Waals surface area contributed by atoms with E-state index in [0.717, 1.165) is 32.1 Å². The van der Waals surface area contributed by atoms with Gasteiger partial charge in [0, 0.05) is 9.86 Å². The molecule has 0 aliphatic heterocycles. The van der Waals surface area contributed by atoms with Crippen molar-refractivity contribution in [3.05, 3.63) is 62.9 Å². The van der Waals surface area contributed by atoms with Crippen LogP contribution < -0.4 is 5.56 Å². The molecule has 0 saturated heterocycles. The van der Waals surface area contributed by atoms with Crippen LogP contribution in [0.2, 0.25) is 0 Å². The fourth-order valence-corrected chi connectivity index (χ4v) is 3.21. The van der Waals surface area contributed by atoms with E-state index in [1.807, 2.05) is 37.3 Å². The minimum absolute atomic E-state index is 0.0435. The molecule has 0 aliphatic carbocycles. The van der Waals surface area contributed by atoms with Gasteiger partial charge in [0.15, 0.2) is 0 Å². The lowest BCUT2D eigenvalue weighted by Gasteiger charge is -2.04. The highest BCUT2D eigenvalue weighted by Gasteiger charge is 2.13. The Morgan fingerprint density at radius 3 is 2.70 bits per heavy atom. The van der Waals surface area contributed by atoms with Gasteiger partial charge in [0.1, 0.15) is 5.65 Å². The van der Waals surface area contributed by atoms with E-state index in [9.17, 15) is 4.79 Å². The normalized spacial score (nSPS) is 11.7. The number of para-hydroxylation sites is 1. The summed E-state index contributed by atoms with van der Waals surface area (Å²) in [5.74, 6) is 0. The third kappa shape index (κ3) is 1.42. The maximum Gasteiger partial charge on any atom is 0.258 e. The summed E-state index contributed by atoms with van der Waals surface area (Å²) >= 11 is 3.52. The summed E-state index contributed by atoms with van der Waals surface area (Å²) in [7, 11) is 0. The standard InChI is InChI=1S/C16H11BrN2O/c1-9-11-7-6-10(17)8-14(11)19-13-5-3-2-4-12(13)16(20)18-15(9)19/h2-8H,1H3,(H,18,20). The lowest BCUT2D eigenvalue weighted by Crippen LogP contribution is -2.09. The fourth-order valence-electron chi connectivity index (χ4n) is 2.86. The van der Waals surface area contributed by atoms with E-state index in [-0.39, 0.29) is 5.56 Å². The molecule has 0 fully saturated rings. The molecule has 0 saturated carbocycles. The van der Waals surface area contributed by atoms with E-state index < -0.39 is 0 Å². The quantitative estimate of drug-likeness (QED) is 0.521. The molecule has 2 aromatic carbocycles. The number of fused-ring (bicyclic) bond motifs is 5. The number of benzene rings is 2. The van der Waals surface area contributed by atoms with Crippen LogP contribution in [0.5, 0.6) is 0 Å². The molecular weight excluding hydrogens is 316 g/mol. The predicted octanol–water partition coefficient (Wildman–Crippen LogP) is 4.00. The first-order valence-electron chi connectivity index (χ1n) is 6.38. The van der Waals surface area contributed by atoms with Gasteiger partial charge in [-0.3, -0.25) is 9.20 Å². The maximum absolute atomic E-state index is 12.2. The zero-order valence-electron chi connectivity index (χ0n) is 10.8. The second kappa shape index (κ2) is 3.96. The van der Waals surface area contributed by atoms with Gasteiger partial charge in [-0.25, -0.2) is 0 Å². The molecule has 0 unspecified atom stereocenters. The number of aromatic nitrogens is 2. The average Bonchev–Trinajstić information content (AvgIpc) is 2.72. The molecule has 3 nitrogen and oxygen atoms in total. The predicted molar refractivity (Wildman–Crippen MR) is 85.5 cm³/mol. The molecule has 0 atom stereocenters. The third-order valence-corrected chi connectivity index (χ3v) is 4.30. The molecular formula is C16H11BrN2O. The van der Waals surface area contributed by atoms with E-state index in [1.54, 1.807) is 0 Å². The number of nitrogens with zero attached hydrogens (tertiary/aromatic N) is 1. The Kier molecular flexibility index (Phi) is 2.32. The fraction of sp³-hybridized carbons (Fsp3) is 0.0625.